The van der Waals surface area contributed by atoms with E-state index in [2.05, 4.69) is 20.6 Å². The number of nitrogens with zero attached hydrogens (tertiary/aromatic N) is 3. The predicted molar refractivity (Wildman–Crippen MR) is 115 cm³/mol. The van der Waals surface area contributed by atoms with E-state index < -0.39 is 0 Å². The summed E-state index contributed by atoms with van der Waals surface area (Å²) in [6.45, 7) is 3.70. The van der Waals surface area contributed by atoms with Crippen molar-refractivity contribution in [1.29, 1.82) is 0 Å². The number of hydrogen-bond acceptors (Lipinski definition) is 4. The van der Waals surface area contributed by atoms with E-state index in [4.69, 9.17) is 11.6 Å². The van der Waals surface area contributed by atoms with Crippen LogP contribution in [0.25, 0.3) is 0 Å². The fourth-order valence-corrected chi connectivity index (χ4v) is 4.26. The van der Waals surface area contributed by atoms with E-state index >= 15 is 0 Å². The van der Waals surface area contributed by atoms with E-state index in [-0.39, 0.29) is 24.4 Å². The fraction of sp³-hybridized carbons (Fsp3) is 0.500. The molecule has 2 atom stereocenters. The minimum atomic E-state index is -0.0940. The van der Waals surface area contributed by atoms with Gasteiger partial charge in [-0.15, -0.1) is 12.4 Å². The molecule has 2 fully saturated rings. The number of hydrogen-bond donors (Lipinski definition) is 2. The van der Waals surface area contributed by atoms with Gasteiger partial charge < -0.3 is 15.5 Å². The number of halogens is 2. The molecule has 0 aliphatic carbocycles. The SMILES string of the molecule is Cl.O=C(NC1CCCN(c2ccccc2Cl)C1)c1ccn(C2CCCNC2)n1. The molecule has 2 aliphatic heterocycles. The van der Waals surface area contributed by atoms with Crippen molar-refractivity contribution in [3.8, 4) is 0 Å². The van der Waals surface area contributed by atoms with Gasteiger partial charge in [0.25, 0.3) is 5.91 Å². The summed E-state index contributed by atoms with van der Waals surface area (Å²) in [6.07, 6.45) is 6.17. The molecular formula is C20H27Cl2N5O. The summed E-state index contributed by atoms with van der Waals surface area (Å²) in [6, 6.07) is 10.1. The van der Waals surface area contributed by atoms with Gasteiger partial charge in [0, 0.05) is 31.9 Å². The molecule has 2 aliphatic rings. The highest BCUT2D eigenvalue weighted by Gasteiger charge is 2.24. The first-order valence-electron chi connectivity index (χ1n) is 9.77. The fourth-order valence-electron chi connectivity index (χ4n) is 4.00. The molecule has 0 radical (unpaired) electrons. The zero-order valence-corrected chi connectivity index (χ0v) is 17.4. The molecule has 0 spiro atoms. The molecule has 1 amide bonds. The van der Waals surface area contributed by atoms with Gasteiger partial charge >= 0.3 is 0 Å². The van der Waals surface area contributed by atoms with Gasteiger partial charge in [-0.1, -0.05) is 23.7 Å². The van der Waals surface area contributed by atoms with Crippen LogP contribution in [0.2, 0.25) is 5.02 Å². The molecule has 2 N–H and O–H groups in total. The van der Waals surface area contributed by atoms with Crippen molar-refractivity contribution in [3.05, 3.63) is 47.2 Å². The average Bonchev–Trinajstić information content (AvgIpc) is 3.20. The number of anilines is 1. The lowest BCUT2D eigenvalue weighted by Crippen LogP contribution is -2.48. The minimum absolute atomic E-state index is 0. The first-order chi connectivity index (χ1) is 13.2. The Morgan fingerprint density at radius 1 is 1.21 bits per heavy atom. The Hall–Kier alpha value is -1.76. The summed E-state index contributed by atoms with van der Waals surface area (Å²) in [4.78, 5) is 14.9. The van der Waals surface area contributed by atoms with Crippen LogP contribution >= 0.6 is 24.0 Å². The topological polar surface area (TPSA) is 62.2 Å². The van der Waals surface area contributed by atoms with E-state index in [1.165, 1.54) is 0 Å². The van der Waals surface area contributed by atoms with Crippen LogP contribution in [-0.4, -0.2) is 47.9 Å². The third-order valence-corrected chi connectivity index (χ3v) is 5.76. The highest BCUT2D eigenvalue weighted by atomic mass is 35.5. The smallest absolute Gasteiger partial charge is 0.272 e. The maximum atomic E-state index is 12.7. The Balaban J connectivity index is 0.00000225. The summed E-state index contributed by atoms with van der Waals surface area (Å²) in [7, 11) is 0. The first kappa shape index (κ1) is 21.0. The van der Waals surface area contributed by atoms with Gasteiger partial charge in [-0.3, -0.25) is 9.48 Å². The second-order valence-electron chi connectivity index (χ2n) is 7.39. The Morgan fingerprint density at radius 3 is 2.86 bits per heavy atom. The molecular weight excluding hydrogens is 397 g/mol. The molecule has 152 valence electrons. The Kier molecular flexibility index (Phi) is 7.21. The standard InChI is InChI=1S/C20H26ClN5O.ClH/c21-17-7-1-2-8-19(17)25-11-4-5-15(14-25)23-20(27)18-9-12-26(24-18)16-6-3-10-22-13-16;/h1-2,7-9,12,15-16,22H,3-6,10-11,13-14H2,(H,23,27);1H. The number of carbonyl (C=O) groups excluding carboxylic acids is 1. The highest BCUT2D eigenvalue weighted by molar-refractivity contribution is 6.33. The summed E-state index contributed by atoms with van der Waals surface area (Å²) in [5.41, 5.74) is 1.53. The predicted octanol–water partition coefficient (Wildman–Crippen LogP) is 3.28. The molecule has 0 bridgehead atoms. The lowest BCUT2D eigenvalue weighted by atomic mass is 10.0. The number of piperidine rings is 2. The highest BCUT2D eigenvalue weighted by Crippen LogP contribution is 2.27. The Labute approximate surface area is 177 Å². The number of carbonyl (C=O) groups is 1. The van der Waals surface area contributed by atoms with E-state index in [1.807, 2.05) is 41.2 Å². The number of rotatable bonds is 4. The number of aromatic nitrogens is 2. The quantitative estimate of drug-likeness (QED) is 0.791. The van der Waals surface area contributed by atoms with Crippen LogP contribution in [0, 0.1) is 0 Å². The van der Waals surface area contributed by atoms with Gasteiger partial charge in [-0.2, -0.15) is 5.10 Å². The average molecular weight is 424 g/mol. The van der Waals surface area contributed by atoms with Crippen LogP contribution in [0.5, 0.6) is 0 Å². The van der Waals surface area contributed by atoms with Crippen LogP contribution in [0.3, 0.4) is 0 Å². The van der Waals surface area contributed by atoms with Crippen molar-refractivity contribution in [2.45, 2.75) is 37.8 Å². The monoisotopic (exact) mass is 423 g/mol. The van der Waals surface area contributed by atoms with Gasteiger partial charge in [0.15, 0.2) is 0 Å². The van der Waals surface area contributed by atoms with Crippen LogP contribution in [0.4, 0.5) is 5.69 Å². The van der Waals surface area contributed by atoms with E-state index in [0.717, 1.165) is 62.6 Å². The van der Waals surface area contributed by atoms with Gasteiger partial charge in [-0.25, -0.2) is 0 Å². The maximum absolute atomic E-state index is 12.7. The molecule has 2 unspecified atom stereocenters. The third kappa shape index (κ3) is 4.80. The summed E-state index contributed by atoms with van der Waals surface area (Å²) in [5.74, 6) is -0.0940. The Bertz CT molecular complexity index is 790. The van der Waals surface area contributed by atoms with Crippen molar-refractivity contribution in [3.63, 3.8) is 0 Å². The van der Waals surface area contributed by atoms with Crippen molar-refractivity contribution < 1.29 is 4.79 Å². The van der Waals surface area contributed by atoms with Crippen LogP contribution < -0.4 is 15.5 Å². The second-order valence-corrected chi connectivity index (χ2v) is 7.80. The van der Waals surface area contributed by atoms with Gasteiger partial charge in [0.1, 0.15) is 5.69 Å². The van der Waals surface area contributed by atoms with Crippen LogP contribution in [0.15, 0.2) is 36.5 Å². The Morgan fingerprint density at radius 2 is 2.07 bits per heavy atom. The van der Waals surface area contributed by atoms with Crippen molar-refractivity contribution >= 4 is 35.6 Å². The molecule has 1 aromatic carbocycles. The van der Waals surface area contributed by atoms with Crippen LogP contribution in [0.1, 0.15) is 42.2 Å². The minimum Gasteiger partial charge on any atom is -0.368 e. The molecule has 8 heteroatoms. The van der Waals surface area contributed by atoms with Crippen LogP contribution in [-0.2, 0) is 0 Å². The zero-order chi connectivity index (χ0) is 18.6. The normalized spacial score (nSPS) is 22.4. The van der Waals surface area contributed by atoms with E-state index in [9.17, 15) is 4.79 Å². The molecule has 0 saturated carbocycles. The van der Waals surface area contributed by atoms with Gasteiger partial charge in [0.05, 0.1) is 16.8 Å². The lowest BCUT2D eigenvalue weighted by Gasteiger charge is -2.35. The van der Waals surface area contributed by atoms with Crippen molar-refractivity contribution in [2.24, 2.45) is 0 Å². The van der Waals surface area contributed by atoms with E-state index in [1.54, 1.807) is 0 Å². The largest absolute Gasteiger partial charge is 0.368 e. The number of para-hydroxylation sites is 1. The number of nitrogens with one attached hydrogen (secondary N) is 2. The zero-order valence-electron chi connectivity index (χ0n) is 15.8. The van der Waals surface area contributed by atoms with Gasteiger partial charge in [0.2, 0.25) is 0 Å². The first-order valence-corrected chi connectivity index (χ1v) is 10.1. The lowest BCUT2D eigenvalue weighted by molar-refractivity contribution is 0.0926. The summed E-state index contributed by atoms with van der Waals surface area (Å²) in [5, 5.41) is 11.8. The summed E-state index contributed by atoms with van der Waals surface area (Å²) < 4.78 is 1.93. The van der Waals surface area contributed by atoms with Crippen molar-refractivity contribution in [1.82, 2.24) is 20.4 Å². The number of amides is 1. The maximum Gasteiger partial charge on any atom is 0.272 e. The molecule has 28 heavy (non-hydrogen) atoms. The second kappa shape index (κ2) is 9.63. The molecule has 4 rings (SSSR count). The molecule has 2 saturated heterocycles. The number of benzene rings is 1. The molecule has 3 heterocycles. The summed E-state index contributed by atoms with van der Waals surface area (Å²) >= 11 is 6.34. The van der Waals surface area contributed by atoms with Gasteiger partial charge in [-0.05, 0) is 50.4 Å². The van der Waals surface area contributed by atoms with Crippen molar-refractivity contribution in [2.75, 3.05) is 31.1 Å². The molecule has 1 aromatic heterocycles. The molecule has 6 nitrogen and oxygen atoms in total. The molecule has 2 aromatic rings. The third-order valence-electron chi connectivity index (χ3n) is 5.44. The van der Waals surface area contributed by atoms with E-state index in [0.29, 0.717) is 11.7 Å².